The van der Waals surface area contributed by atoms with Crippen molar-refractivity contribution in [1.82, 2.24) is 9.80 Å². The fourth-order valence-corrected chi connectivity index (χ4v) is 10.2. The van der Waals surface area contributed by atoms with Crippen molar-refractivity contribution in [3.8, 4) is 5.75 Å². The van der Waals surface area contributed by atoms with E-state index in [1.807, 2.05) is 32.2 Å². The highest BCUT2D eigenvalue weighted by molar-refractivity contribution is 9.09. The number of benzene rings is 2. The first kappa shape index (κ1) is 26.1. The molecule has 2 aromatic rings. The molecule has 6 nitrogen and oxygen atoms in total. The molecule has 0 aromatic heterocycles. The van der Waals surface area contributed by atoms with Gasteiger partial charge >= 0.3 is 0 Å². The Labute approximate surface area is 219 Å². The summed E-state index contributed by atoms with van der Waals surface area (Å²) >= 11 is 0. The molecular formula is C26H33N3O3S3. The summed E-state index contributed by atoms with van der Waals surface area (Å²) in [4.78, 5) is 28.6. The van der Waals surface area contributed by atoms with E-state index in [0.29, 0.717) is 0 Å². The van der Waals surface area contributed by atoms with Gasteiger partial charge in [-0.25, -0.2) is 0 Å². The van der Waals surface area contributed by atoms with Crippen LogP contribution in [0.25, 0.3) is 0 Å². The number of methoxy groups -OCH3 is 1. The van der Waals surface area contributed by atoms with Crippen LogP contribution in [0.3, 0.4) is 0 Å². The van der Waals surface area contributed by atoms with Crippen LogP contribution in [-0.4, -0.2) is 58.6 Å². The van der Waals surface area contributed by atoms with Crippen LogP contribution in [0, 0.1) is 0 Å². The molecular weight excluding hydrogens is 499 g/mol. The Morgan fingerprint density at radius 3 is 2.51 bits per heavy atom. The second-order valence-electron chi connectivity index (χ2n) is 9.51. The molecule has 2 aliphatic heterocycles. The highest BCUT2D eigenvalue weighted by atomic mass is 33.5. The topological polar surface area (TPSA) is 61.9 Å². The molecule has 0 spiro atoms. The first-order valence-electron chi connectivity index (χ1n) is 11.6. The number of ether oxygens (including phenoxy) is 1. The summed E-state index contributed by atoms with van der Waals surface area (Å²) < 4.78 is 5.41. The lowest BCUT2D eigenvalue weighted by atomic mass is 9.71. The minimum atomic E-state index is -0.357. The van der Waals surface area contributed by atoms with Crippen LogP contribution in [0.2, 0.25) is 0 Å². The number of carbonyl (C=O) groups is 2. The molecule has 4 rings (SSSR count). The van der Waals surface area contributed by atoms with Crippen molar-refractivity contribution in [2.45, 2.75) is 56.6 Å². The van der Waals surface area contributed by atoms with Gasteiger partial charge in [0.1, 0.15) is 11.9 Å². The Hall–Kier alpha value is -1.97. The third kappa shape index (κ3) is 4.62. The normalized spacial score (nSPS) is 25.4. The zero-order chi connectivity index (χ0) is 25.4. The van der Waals surface area contributed by atoms with Gasteiger partial charge < -0.3 is 19.9 Å². The number of fused-ring (bicyclic) bond motifs is 3. The van der Waals surface area contributed by atoms with E-state index in [1.54, 1.807) is 57.3 Å². The van der Waals surface area contributed by atoms with E-state index in [1.165, 1.54) is 11.1 Å². The van der Waals surface area contributed by atoms with E-state index in [0.717, 1.165) is 23.6 Å². The van der Waals surface area contributed by atoms with Crippen LogP contribution >= 0.6 is 31.4 Å². The molecule has 9 heteroatoms. The number of likely N-dealkylation sites (tertiary alicyclic amines) is 1. The molecule has 35 heavy (non-hydrogen) atoms. The SMILES string of the molecule is COc1ccc([C@]23C[C@@](C)(CSSS[C@@H](C)N(C)C(C)=O)N(C(C)=O)[C@H]2Nc2ccccc23)cc1. The average Bonchev–Trinajstić information content (AvgIpc) is 3.28. The molecule has 0 aliphatic carbocycles. The van der Waals surface area contributed by atoms with Gasteiger partial charge in [-0.2, -0.15) is 0 Å². The molecule has 0 unspecified atom stereocenters. The number of nitrogens with zero attached hydrogens (tertiary/aromatic N) is 2. The monoisotopic (exact) mass is 531 g/mol. The lowest BCUT2D eigenvalue weighted by Crippen LogP contribution is -2.52. The van der Waals surface area contributed by atoms with Crippen LogP contribution in [0.1, 0.15) is 45.2 Å². The zero-order valence-corrected chi connectivity index (χ0v) is 23.5. The van der Waals surface area contributed by atoms with Crippen molar-refractivity contribution in [2.75, 3.05) is 25.2 Å². The highest BCUT2D eigenvalue weighted by Crippen LogP contribution is 2.59. The fourth-order valence-electron chi connectivity index (χ4n) is 5.43. The highest BCUT2D eigenvalue weighted by Gasteiger charge is 2.63. The minimum Gasteiger partial charge on any atom is -0.497 e. The van der Waals surface area contributed by atoms with Gasteiger partial charge in [-0.15, -0.1) is 0 Å². The standard InChI is InChI=1S/C26H33N3O3S3/c1-17(30)28(5)19(3)34-35-33-16-25(4)15-26(20-11-13-21(32-6)14-12-20)22-9-7-8-10-23(22)27-24(26)29(25)18(2)31/h7-14,19,24,27H,15-16H2,1-6H3/t19-,24+,25-,26-/m0/s1. The Balaban J connectivity index is 1.64. The molecule has 4 atom stereocenters. The van der Waals surface area contributed by atoms with Gasteiger partial charge in [0.15, 0.2) is 0 Å². The van der Waals surface area contributed by atoms with Gasteiger partial charge in [-0.1, -0.05) is 51.9 Å². The Morgan fingerprint density at radius 2 is 1.89 bits per heavy atom. The number of amides is 2. The smallest absolute Gasteiger partial charge is 0.221 e. The fraction of sp³-hybridized carbons (Fsp3) is 0.462. The number of anilines is 1. The molecule has 2 aromatic carbocycles. The van der Waals surface area contributed by atoms with Gasteiger partial charge in [-0.05, 0) is 59.4 Å². The van der Waals surface area contributed by atoms with Gasteiger partial charge in [0.05, 0.1) is 23.4 Å². The number of hydrogen-bond donors (Lipinski definition) is 1. The van der Waals surface area contributed by atoms with E-state index in [4.69, 9.17) is 4.74 Å². The minimum absolute atomic E-state index is 0.0557. The Kier molecular flexibility index (Phi) is 7.60. The first-order valence-corrected chi connectivity index (χ1v) is 15.3. The maximum Gasteiger partial charge on any atom is 0.221 e. The van der Waals surface area contributed by atoms with E-state index < -0.39 is 0 Å². The summed E-state index contributed by atoms with van der Waals surface area (Å²) in [5.41, 5.74) is 2.78. The zero-order valence-electron chi connectivity index (χ0n) is 21.0. The molecule has 1 fully saturated rings. The molecule has 1 N–H and O–H groups in total. The van der Waals surface area contributed by atoms with Crippen LogP contribution in [-0.2, 0) is 15.0 Å². The van der Waals surface area contributed by atoms with Crippen molar-refractivity contribution in [3.63, 3.8) is 0 Å². The van der Waals surface area contributed by atoms with E-state index in [9.17, 15) is 9.59 Å². The summed E-state index contributed by atoms with van der Waals surface area (Å²) in [5.74, 6) is 1.72. The quantitative estimate of drug-likeness (QED) is 0.270. The van der Waals surface area contributed by atoms with E-state index in [-0.39, 0.29) is 34.3 Å². The number of nitrogens with one attached hydrogen (secondary N) is 1. The van der Waals surface area contributed by atoms with Gasteiger partial charge in [0.25, 0.3) is 0 Å². The van der Waals surface area contributed by atoms with Crippen LogP contribution in [0.5, 0.6) is 5.75 Å². The van der Waals surface area contributed by atoms with Crippen molar-refractivity contribution in [3.05, 3.63) is 59.7 Å². The maximum atomic E-state index is 13.1. The van der Waals surface area contributed by atoms with Crippen molar-refractivity contribution < 1.29 is 14.3 Å². The van der Waals surface area contributed by atoms with Crippen LogP contribution < -0.4 is 10.1 Å². The predicted octanol–water partition coefficient (Wildman–Crippen LogP) is 5.60. The summed E-state index contributed by atoms with van der Waals surface area (Å²) in [7, 11) is 8.60. The molecule has 188 valence electrons. The molecule has 1 saturated heterocycles. The number of para-hydroxylation sites is 1. The largest absolute Gasteiger partial charge is 0.497 e. The maximum absolute atomic E-state index is 13.1. The van der Waals surface area contributed by atoms with Crippen molar-refractivity contribution in [1.29, 1.82) is 0 Å². The number of hydrogen-bond acceptors (Lipinski definition) is 7. The number of carbonyl (C=O) groups excluding carboxylic acids is 2. The molecule has 2 heterocycles. The summed E-state index contributed by atoms with van der Waals surface area (Å²) in [6.45, 7) is 7.49. The molecule has 0 bridgehead atoms. The second kappa shape index (κ2) is 10.2. The lowest BCUT2D eigenvalue weighted by Gasteiger charge is -2.37. The lowest BCUT2D eigenvalue weighted by molar-refractivity contribution is -0.133. The molecule has 2 aliphatic rings. The summed E-state index contributed by atoms with van der Waals surface area (Å²) in [5, 5.41) is 3.77. The van der Waals surface area contributed by atoms with E-state index >= 15 is 0 Å². The second-order valence-corrected chi connectivity index (χ2v) is 14.0. The number of rotatable bonds is 8. The molecule has 0 radical (unpaired) electrons. The summed E-state index contributed by atoms with van der Waals surface area (Å²) in [6.07, 6.45) is 0.638. The van der Waals surface area contributed by atoms with Crippen molar-refractivity contribution >= 4 is 48.9 Å². The van der Waals surface area contributed by atoms with Gasteiger partial charge in [0, 0.05) is 32.3 Å². The molecule has 2 amide bonds. The Morgan fingerprint density at radius 1 is 1.20 bits per heavy atom. The van der Waals surface area contributed by atoms with Crippen molar-refractivity contribution in [2.24, 2.45) is 0 Å². The third-order valence-electron chi connectivity index (χ3n) is 7.25. The summed E-state index contributed by atoms with van der Waals surface area (Å²) in [6, 6.07) is 16.7. The van der Waals surface area contributed by atoms with Crippen LogP contribution in [0.15, 0.2) is 48.5 Å². The van der Waals surface area contributed by atoms with Crippen LogP contribution in [0.4, 0.5) is 5.69 Å². The average molecular weight is 532 g/mol. The Bertz CT molecular complexity index is 1100. The molecule has 0 saturated carbocycles. The first-order chi connectivity index (χ1) is 16.6. The van der Waals surface area contributed by atoms with Gasteiger partial charge in [0.2, 0.25) is 11.8 Å². The predicted molar refractivity (Wildman–Crippen MR) is 149 cm³/mol. The van der Waals surface area contributed by atoms with Gasteiger partial charge in [-0.3, -0.25) is 9.59 Å². The van der Waals surface area contributed by atoms with E-state index in [2.05, 4.69) is 47.5 Å². The third-order valence-corrected chi connectivity index (χ3v) is 12.0.